The molecule has 2 heterocycles. The molecule has 4 N–H and O–H groups in total. The number of carbonyl (C=O) groups excluding carboxylic acids is 1. The molecule has 2 saturated heterocycles. The lowest BCUT2D eigenvalue weighted by Gasteiger charge is -2.52. The zero-order valence-corrected chi connectivity index (χ0v) is 8.68. The van der Waals surface area contributed by atoms with Gasteiger partial charge in [-0.3, -0.25) is 4.79 Å². The number of hydrogen-bond donors (Lipinski definition) is 3. The van der Waals surface area contributed by atoms with Crippen LogP contribution >= 0.6 is 11.8 Å². The first-order valence-electron chi connectivity index (χ1n) is 4.61. The number of thioether (sulfide) groups is 1. The Bertz CT molecular complexity index is 311. The topological polar surface area (TPSA) is 104 Å². The molecule has 0 saturated carbocycles. The van der Waals surface area contributed by atoms with Gasteiger partial charge in [0.15, 0.2) is 0 Å². The largest absolute Gasteiger partial charge is 0.480 e. The molecule has 2 fully saturated rings. The van der Waals surface area contributed by atoms with E-state index in [0.29, 0.717) is 5.75 Å². The van der Waals surface area contributed by atoms with Crippen LogP contribution < -0.4 is 5.73 Å². The van der Waals surface area contributed by atoms with E-state index in [1.165, 1.54) is 16.7 Å². The first-order valence-corrected chi connectivity index (χ1v) is 5.66. The average Bonchev–Trinajstić information content (AvgIpc) is 2.25. The van der Waals surface area contributed by atoms with Gasteiger partial charge in [0.05, 0.1) is 0 Å². The van der Waals surface area contributed by atoms with Gasteiger partial charge in [0.2, 0.25) is 5.91 Å². The number of carboxylic acids is 1. The summed E-state index contributed by atoms with van der Waals surface area (Å²) in [7, 11) is 0. The third-order valence-corrected chi connectivity index (χ3v) is 4.32. The molecule has 0 radical (unpaired) electrons. The third kappa shape index (κ3) is 1.42. The van der Waals surface area contributed by atoms with E-state index in [0.717, 1.165) is 0 Å². The number of carboxylic acid groups (broad SMARTS) is 1. The molecule has 15 heavy (non-hydrogen) atoms. The molecule has 0 aromatic carbocycles. The Kier molecular flexibility index (Phi) is 2.61. The second kappa shape index (κ2) is 3.66. The molecule has 7 heteroatoms. The van der Waals surface area contributed by atoms with Gasteiger partial charge in [0, 0.05) is 18.3 Å². The van der Waals surface area contributed by atoms with Crippen LogP contribution in [0.5, 0.6) is 0 Å². The molecule has 84 valence electrons. The molecule has 6 nitrogen and oxygen atoms in total. The van der Waals surface area contributed by atoms with Crippen LogP contribution in [0.4, 0.5) is 0 Å². The highest BCUT2D eigenvalue weighted by atomic mass is 32.2. The molecule has 0 aliphatic carbocycles. The lowest BCUT2D eigenvalue weighted by atomic mass is 9.94. The molecule has 0 bridgehead atoms. The summed E-state index contributed by atoms with van der Waals surface area (Å²) in [5.74, 6) is -1.28. The summed E-state index contributed by atoms with van der Waals surface area (Å²) in [4.78, 5) is 23.7. The van der Waals surface area contributed by atoms with Crippen LogP contribution in [0.3, 0.4) is 0 Å². The van der Waals surface area contributed by atoms with E-state index in [9.17, 15) is 9.59 Å². The number of aliphatic carboxylic acids is 1. The molecule has 4 atom stereocenters. The molecule has 2 aliphatic heterocycles. The van der Waals surface area contributed by atoms with Crippen LogP contribution in [0.15, 0.2) is 0 Å². The maximum Gasteiger partial charge on any atom is 0.326 e. The Morgan fingerprint density at radius 1 is 1.67 bits per heavy atom. The van der Waals surface area contributed by atoms with Crippen molar-refractivity contribution in [3.05, 3.63) is 0 Å². The quantitative estimate of drug-likeness (QED) is 0.490. The highest BCUT2D eigenvalue weighted by Gasteiger charge is 2.55. The fraction of sp³-hybridized carbons (Fsp3) is 0.750. The summed E-state index contributed by atoms with van der Waals surface area (Å²) in [5, 5.41) is 17.8. The van der Waals surface area contributed by atoms with Crippen molar-refractivity contribution in [2.75, 3.05) is 12.4 Å². The molecule has 2 aliphatic rings. The van der Waals surface area contributed by atoms with Crippen LogP contribution in [0.2, 0.25) is 0 Å². The highest BCUT2D eigenvalue weighted by molar-refractivity contribution is 8.00. The standard InChI is InChI=1S/C8H12N2O4S/c9-4-6(12)10-5(8(13)14)3(1-11)2-15-7(4)10/h3-5,7,11H,1-2,9H2,(H,13,14)/t3?,4-,5?,7-/m1/s1. The van der Waals surface area contributed by atoms with Crippen molar-refractivity contribution in [2.45, 2.75) is 17.5 Å². The number of fused-ring (bicyclic) bond motifs is 1. The number of nitrogens with zero attached hydrogens (tertiary/aromatic N) is 1. The molecular weight excluding hydrogens is 220 g/mol. The Morgan fingerprint density at radius 2 is 2.33 bits per heavy atom. The molecule has 0 spiro atoms. The van der Waals surface area contributed by atoms with E-state index < -0.39 is 24.0 Å². The average molecular weight is 232 g/mol. The zero-order valence-electron chi connectivity index (χ0n) is 7.87. The van der Waals surface area contributed by atoms with Crippen LogP contribution in [0, 0.1) is 5.92 Å². The smallest absolute Gasteiger partial charge is 0.326 e. The number of nitrogens with two attached hydrogens (primary N) is 1. The summed E-state index contributed by atoms with van der Waals surface area (Å²) in [6.45, 7) is -0.226. The van der Waals surface area contributed by atoms with Gasteiger partial charge in [-0.2, -0.15) is 0 Å². The van der Waals surface area contributed by atoms with Crippen molar-refractivity contribution < 1.29 is 19.8 Å². The number of rotatable bonds is 2. The Morgan fingerprint density at radius 3 is 2.87 bits per heavy atom. The van der Waals surface area contributed by atoms with Crippen molar-refractivity contribution in [3.63, 3.8) is 0 Å². The first-order chi connectivity index (χ1) is 7.07. The summed E-state index contributed by atoms with van der Waals surface area (Å²) >= 11 is 1.44. The molecule has 0 aromatic rings. The minimum absolute atomic E-state index is 0.226. The number of amides is 1. The molecule has 1 amide bonds. The van der Waals surface area contributed by atoms with Crippen LogP contribution in [-0.4, -0.2) is 56.8 Å². The minimum atomic E-state index is -1.07. The van der Waals surface area contributed by atoms with Crippen LogP contribution in [-0.2, 0) is 9.59 Å². The number of aliphatic hydroxyl groups is 1. The van der Waals surface area contributed by atoms with Gasteiger partial charge in [-0.05, 0) is 0 Å². The maximum atomic E-state index is 11.4. The van der Waals surface area contributed by atoms with E-state index in [1.807, 2.05) is 0 Å². The van der Waals surface area contributed by atoms with Gasteiger partial charge in [-0.25, -0.2) is 4.79 Å². The fourth-order valence-electron chi connectivity index (χ4n) is 2.00. The molecule has 0 aromatic heterocycles. The maximum absolute atomic E-state index is 11.4. The summed E-state index contributed by atoms with van der Waals surface area (Å²) < 4.78 is 0. The normalized spacial score (nSPS) is 39.6. The van der Waals surface area contributed by atoms with E-state index in [4.69, 9.17) is 15.9 Å². The Hall–Kier alpha value is -0.790. The second-order valence-electron chi connectivity index (χ2n) is 3.72. The van der Waals surface area contributed by atoms with Gasteiger partial charge in [0.25, 0.3) is 0 Å². The highest BCUT2D eigenvalue weighted by Crippen LogP contribution is 2.39. The third-order valence-electron chi connectivity index (χ3n) is 2.84. The Balaban J connectivity index is 2.21. The number of aliphatic hydroxyl groups excluding tert-OH is 1. The lowest BCUT2D eigenvalue weighted by molar-refractivity contribution is -0.163. The van der Waals surface area contributed by atoms with Crippen molar-refractivity contribution in [1.82, 2.24) is 4.90 Å². The van der Waals surface area contributed by atoms with E-state index in [-0.39, 0.29) is 17.9 Å². The Labute approximate surface area is 90.4 Å². The summed E-state index contributed by atoms with van der Waals surface area (Å²) in [6.07, 6.45) is 0. The molecular formula is C8H12N2O4S. The molecule has 2 rings (SSSR count). The number of β-lactam (4-membered cyclic amide) rings is 1. The van der Waals surface area contributed by atoms with Crippen molar-refractivity contribution in [3.8, 4) is 0 Å². The van der Waals surface area contributed by atoms with Crippen LogP contribution in [0.1, 0.15) is 0 Å². The SMILES string of the molecule is N[C@@H]1C(=O)N2C(C(=O)O)C(CO)CS[C@H]12. The predicted octanol–water partition coefficient (Wildman–Crippen LogP) is -1.71. The van der Waals surface area contributed by atoms with Crippen molar-refractivity contribution in [1.29, 1.82) is 0 Å². The van der Waals surface area contributed by atoms with E-state index in [2.05, 4.69) is 0 Å². The summed E-state index contributed by atoms with van der Waals surface area (Å²) in [6, 6.07) is -1.51. The second-order valence-corrected chi connectivity index (χ2v) is 4.87. The van der Waals surface area contributed by atoms with Gasteiger partial charge < -0.3 is 20.8 Å². The first kappa shape index (κ1) is 10.7. The van der Waals surface area contributed by atoms with E-state index in [1.54, 1.807) is 0 Å². The lowest BCUT2D eigenvalue weighted by Crippen LogP contribution is -2.74. The number of carbonyl (C=O) groups is 2. The van der Waals surface area contributed by atoms with Crippen LogP contribution in [0.25, 0.3) is 0 Å². The van der Waals surface area contributed by atoms with Crippen molar-refractivity contribution in [2.24, 2.45) is 11.7 Å². The van der Waals surface area contributed by atoms with Gasteiger partial charge >= 0.3 is 5.97 Å². The fourth-order valence-corrected chi connectivity index (χ4v) is 3.45. The van der Waals surface area contributed by atoms with Gasteiger partial charge in [-0.1, -0.05) is 0 Å². The predicted molar refractivity (Wildman–Crippen MR) is 53.1 cm³/mol. The van der Waals surface area contributed by atoms with Crippen molar-refractivity contribution >= 4 is 23.6 Å². The van der Waals surface area contributed by atoms with Gasteiger partial charge in [0.1, 0.15) is 17.5 Å². The minimum Gasteiger partial charge on any atom is -0.480 e. The zero-order chi connectivity index (χ0) is 11.2. The number of hydrogen-bond acceptors (Lipinski definition) is 5. The monoisotopic (exact) mass is 232 g/mol. The van der Waals surface area contributed by atoms with Gasteiger partial charge in [-0.15, -0.1) is 11.8 Å². The summed E-state index contributed by atoms with van der Waals surface area (Å²) in [5.41, 5.74) is 5.56. The molecule has 2 unspecified atom stereocenters. The van der Waals surface area contributed by atoms with E-state index >= 15 is 0 Å².